The van der Waals surface area contributed by atoms with Crippen molar-refractivity contribution in [2.24, 2.45) is 0 Å². The van der Waals surface area contributed by atoms with E-state index in [1.807, 2.05) is 31.9 Å². The summed E-state index contributed by atoms with van der Waals surface area (Å²) in [5, 5.41) is 23.2. The van der Waals surface area contributed by atoms with Crippen LogP contribution in [0.4, 0.5) is 11.4 Å². The lowest BCUT2D eigenvalue weighted by molar-refractivity contribution is -0.384. The second kappa shape index (κ2) is 7.81. The Morgan fingerprint density at radius 2 is 2.20 bits per heavy atom. The molecule has 2 N–H and O–H groups in total. The van der Waals surface area contributed by atoms with Gasteiger partial charge in [-0.2, -0.15) is 0 Å². The highest BCUT2D eigenvalue weighted by Crippen LogP contribution is 2.26. The summed E-state index contributed by atoms with van der Waals surface area (Å²) in [6.07, 6.45) is 0.906. The second-order valence-electron chi connectivity index (χ2n) is 4.98. The molecule has 0 saturated carbocycles. The van der Waals surface area contributed by atoms with Crippen molar-refractivity contribution in [1.29, 1.82) is 0 Å². The maximum atomic E-state index is 11.0. The number of rotatable bonds is 8. The highest BCUT2D eigenvalue weighted by Gasteiger charge is 2.15. The first-order valence-electron chi connectivity index (χ1n) is 6.81. The number of aliphatic hydroxyl groups is 1. The lowest BCUT2D eigenvalue weighted by atomic mass is 10.1. The lowest BCUT2D eigenvalue weighted by Crippen LogP contribution is -2.31. The van der Waals surface area contributed by atoms with Gasteiger partial charge >= 0.3 is 0 Å². The first-order valence-corrected chi connectivity index (χ1v) is 6.81. The zero-order valence-electron chi connectivity index (χ0n) is 12.3. The Kier molecular flexibility index (Phi) is 6.41. The smallest absolute Gasteiger partial charge is 0.292 e. The summed E-state index contributed by atoms with van der Waals surface area (Å²) in [5.74, 6) is 0. The Balaban J connectivity index is 2.91. The van der Waals surface area contributed by atoms with Crippen LogP contribution in [0.15, 0.2) is 18.2 Å². The molecular weight excluding hydrogens is 258 g/mol. The molecular formula is C14H23N3O3. The second-order valence-corrected chi connectivity index (χ2v) is 4.98. The molecule has 0 saturated heterocycles. The van der Waals surface area contributed by atoms with Gasteiger partial charge in [-0.25, -0.2) is 0 Å². The summed E-state index contributed by atoms with van der Waals surface area (Å²) in [7, 11) is 1.92. The van der Waals surface area contributed by atoms with Crippen LogP contribution in [0.2, 0.25) is 0 Å². The Labute approximate surface area is 119 Å². The molecule has 0 bridgehead atoms. The van der Waals surface area contributed by atoms with Crippen molar-refractivity contribution in [3.63, 3.8) is 0 Å². The summed E-state index contributed by atoms with van der Waals surface area (Å²) in [6.45, 7) is 5.37. The van der Waals surface area contributed by atoms with Gasteiger partial charge in [-0.05, 0) is 32.0 Å². The van der Waals surface area contributed by atoms with Crippen LogP contribution in [0.1, 0.15) is 25.8 Å². The zero-order valence-corrected chi connectivity index (χ0v) is 12.3. The van der Waals surface area contributed by atoms with Crippen LogP contribution in [0.3, 0.4) is 0 Å². The molecule has 0 aliphatic carbocycles. The van der Waals surface area contributed by atoms with E-state index in [0.29, 0.717) is 18.8 Å². The monoisotopic (exact) mass is 281 g/mol. The molecule has 0 aliphatic heterocycles. The van der Waals surface area contributed by atoms with E-state index in [-0.39, 0.29) is 23.3 Å². The van der Waals surface area contributed by atoms with Crippen LogP contribution >= 0.6 is 0 Å². The Bertz CT molecular complexity index is 451. The first kappa shape index (κ1) is 16.4. The van der Waals surface area contributed by atoms with E-state index in [4.69, 9.17) is 5.11 Å². The Morgan fingerprint density at radius 1 is 1.50 bits per heavy atom. The number of hydrogen-bond acceptors (Lipinski definition) is 5. The van der Waals surface area contributed by atoms with Gasteiger partial charge < -0.3 is 10.4 Å². The van der Waals surface area contributed by atoms with Crippen molar-refractivity contribution in [2.45, 2.75) is 32.9 Å². The molecule has 0 spiro atoms. The molecule has 1 aromatic rings. The van der Waals surface area contributed by atoms with Gasteiger partial charge in [0.15, 0.2) is 0 Å². The van der Waals surface area contributed by atoms with Gasteiger partial charge in [0, 0.05) is 25.2 Å². The number of hydrogen-bond donors (Lipinski definition) is 2. The third-order valence-corrected chi connectivity index (χ3v) is 3.27. The van der Waals surface area contributed by atoms with Crippen molar-refractivity contribution in [2.75, 3.05) is 25.5 Å². The normalized spacial score (nSPS) is 12.4. The third-order valence-electron chi connectivity index (χ3n) is 3.27. The summed E-state index contributed by atoms with van der Waals surface area (Å²) in [6, 6.07) is 5.16. The molecule has 0 radical (unpaired) electrons. The maximum Gasteiger partial charge on any atom is 0.292 e. The van der Waals surface area contributed by atoms with E-state index in [1.54, 1.807) is 6.07 Å². The molecule has 1 atom stereocenters. The molecule has 0 amide bonds. The van der Waals surface area contributed by atoms with Crippen molar-refractivity contribution in [3.05, 3.63) is 33.9 Å². The molecule has 112 valence electrons. The lowest BCUT2D eigenvalue weighted by Gasteiger charge is -2.23. The van der Waals surface area contributed by atoms with Gasteiger partial charge in [-0.3, -0.25) is 15.0 Å². The highest BCUT2D eigenvalue weighted by molar-refractivity contribution is 5.62. The van der Waals surface area contributed by atoms with Crippen LogP contribution in [-0.4, -0.2) is 41.2 Å². The van der Waals surface area contributed by atoms with Crippen molar-refractivity contribution in [1.82, 2.24) is 4.90 Å². The Hall–Kier alpha value is -1.66. The molecule has 0 aromatic heterocycles. The minimum absolute atomic E-state index is 0.0530. The number of nitro benzene ring substituents is 1. The van der Waals surface area contributed by atoms with E-state index in [9.17, 15) is 10.1 Å². The van der Waals surface area contributed by atoms with Gasteiger partial charge in [0.25, 0.3) is 5.69 Å². The average molecular weight is 281 g/mol. The van der Waals surface area contributed by atoms with E-state index >= 15 is 0 Å². The molecule has 0 aliphatic rings. The van der Waals surface area contributed by atoms with Gasteiger partial charge in [0.05, 0.1) is 11.5 Å². The molecule has 6 heteroatoms. The molecule has 20 heavy (non-hydrogen) atoms. The third kappa shape index (κ3) is 4.47. The van der Waals surface area contributed by atoms with Crippen LogP contribution in [-0.2, 0) is 6.54 Å². The topological polar surface area (TPSA) is 78.6 Å². The number of nitro groups is 1. The summed E-state index contributed by atoms with van der Waals surface area (Å²) >= 11 is 0. The molecule has 1 unspecified atom stereocenters. The van der Waals surface area contributed by atoms with Crippen LogP contribution in [0, 0.1) is 10.1 Å². The van der Waals surface area contributed by atoms with Crippen molar-refractivity contribution in [3.8, 4) is 0 Å². The molecule has 0 fully saturated rings. The fourth-order valence-electron chi connectivity index (χ4n) is 1.83. The fourth-order valence-corrected chi connectivity index (χ4v) is 1.83. The summed E-state index contributed by atoms with van der Waals surface area (Å²) in [4.78, 5) is 12.6. The SMILES string of the molecule is CCCNc1cc(CN(C)C(C)CO)ccc1[N+](=O)[O-]. The molecule has 0 heterocycles. The first-order chi connectivity index (χ1) is 9.49. The minimum Gasteiger partial charge on any atom is -0.395 e. The van der Waals surface area contributed by atoms with Crippen LogP contribution in [0.5, 0.6) is 0 Å². The Morgan fingerprint density at radius 3 is 2.75 bits per heavy atom. The number of nitrogens with zero attached hydrogens (tertiary/aromatic N) is 2. The van der Waals surface area contributed by atoms with E-state index in [0.717, 1.165) is 12.0 Å². The number of aliphatic hydroxyl groups excluding tert-OH is 1. The highest BCUT2D eigenvalue weighted by atomic mass is 16.6. The average Bonchev–Trinajstić information content (AvgIpc) is 2.43. The van der Waals surface area contributed by atoms with E-state index in [1.165, 1.54) is 6.07 Å². The van der Waals surface area contributed by atoms with Gasteiger partial charge in [-0.1, -0.05) is 13.0 Å². The van der Waals surface area contributed by atoms with Crippen LogP contribution < -0.4 is 5.32 Å². The number of benzene rings is 1. The maximum absolute atomic E-state index is 11.0. The minimum atomic E-state index is -0.373. The molecule has 1 aromatic carbocycles. The quantitative estimate of drug-likeness (QED) is 0.564. The van der Waals surface area contributed by atoms with E-state index < -0.39 is 0 Å². The van der Waals surface area contributed by atoms with E-state index in [2.05, 4.69) is 5.32 Å². The van der Waals surface area contributed by atoms with Gasteiger partial charge in [0.2, 0.25) is 0 Å². The number of likely N-dealkylation sites (N-methyl/N-ethyl adjacent to an activating group) is 1. The van der Waals surface area contributed by atoms with Gasteiger partial charge in [0.1, 0.15) is 5.69 Å². The van der Waals surface area contributed by atoms with Crippen LogP contribution in [0.25, 0.3) is 0 Å². The zero-order chi connectivity index (χ0) is 15.1. The molecule has 6 nitrogen and oxygen atoms in total. The number of anilines is 1. The van der Waals surface area contributed by atoms with Crippen molar-refractivity contribution >= 4 is 11.4 Å². The predicted molar refractivity (Wildman–Crippen MR) is 79.9 cm³/mol. The molecule has 1 rings (SSSR count). The van der Waals surface area contributed by atoms with Crippen molar-refractivity contribution < 1.29 is 10.0 Å². The summed E-state index contributed by atoms with van der Waals surface area (Å²) in [5.41, 5.74) is 1.64. The number of nitrogens with one attached hydrogen (secondary N) is 1. The fraction of sp³-hybridized carbons (Fsp3) is 0.571. The summed E-state index contributed by atoms with van der Waals surface area (Å²) < 4.78 is 0. The predicted octanol–water partition coefficient (Wildman–Crippen LogP) is 2.23. The largest absolute Gasteiger partial charge is 0.395 e. The standard InChI is InChI=1S/C14H23N3O3/c1-4-7-15-13-8-12(5-6-14(13)17(19)20)9-16(3)11(2)10-18/h5-6,8,11,15,18H,4,7,9-10H2,1-3H3. The van der Waals surface area contributed by atoms with Gasteiger partial charge in [-0.15, -0.1) is 0 Å².